The maximum atomic E-state index is 10.3. The molecular formula is C12H20N2O2. The predicted molar refractivity (Wildman–Crippen MR) is 62.6 cm³/mol. The van der Waals surface area contributed by atoms with Crippen LogP contribution in [0.4, 0.5) is 0 Å². The van der Waals surface area contributed by atoms with Crippen LogP contribution in [0.15, 0.2) is 9.98 Å². The molecule has 0 amide bonds. The summed E-state index contributed by atoms with van der Waals surface area (Å²) in [5.41, 5.74) is -0.907. The normalized spacial score (nSPS) is 13.4. The van der Waals surface area contributed by atoms with E-state index in [1.54, 1.807) is 0 Å². The van der Waals surface area contributed by atoms with Crippen molar-refractivity contribution in [2.75, 3.05) is 0 Å². The van der Waals surface area contributed by atoms with E-state index in [0.717, 1.165) is 12.8 Å². The van der Waals surface area contributed by atoms with Crippen molar-refractivity contribution in [3.05, 3.63) is 0 Å². The van der Waals surface area contributed by atoms with Crippen LogP contribution < -0.4 is 0 Å². The van der Waals surface area contributed by atoms with Gasteiger partial charge in [0.15, 0.2) is 5.66 Å². The molecular weight excluding hydrogens is 204 g/mol. The predicted octanol–water partition coefficient (Wildman–Crippen LogP) is 3.12. The number of carbonyl (C=O) groups excluding carboxylic acids is 2. The van der Waals surface area contributed by atoms with E-state index in [0.29, 0.717) is 12.8 Å². The molecule has 0 heterocycles. The Morgan fingerprint density at radius 3 is 1.94 bits per heavy atom. The summed E-state index contributed by atoms with van der Waals surface area (Å²) in [6.45, 7) is 4.01. The highest BCUT2D eigenvalue weighted by Crippen LogP contribution is 2.24. The van der Waals surface area contributed by atoms with E-state index in [2.05, 4.69) is 16.9 Å². The Morgan fingerprint density at radius 1 is 0.938 bits per heavy atom. The summed E-state index contributed by atoms with van der Waals surface area (Å²) in [7, 11) is 0. The van der Waals surface area contributed by atoms with Gasteiger partial charge in [0.1, 0.15) is 0 Å². The second-order valence-corrected chi connectivity index (χ2v) is 3.91. The van der Waals surface area contributed by atoms with Crippen molar-refractivity contribution in [2.45, 2.75) is 64.5 Å². The zero-order valence-corrected chi connectivity index (χ0v) is 10.2. The molecule has 90 valence electrons. The molecule has 0 atom stereocenters. The van der Waals surface area contributed by atoms with Crippen LogP contribution >= 0.6 is 0 Å². The van der Waals surface area contributed by atoms with Gasteiger partial charge in [0.2, 0.25) is 12.2 Å². The molecule has 0 aromatic carbocycles. The van der Waals surface area contributed by atoms with E-state index in [-0.39, 0.29) is 0 Å². The first-order valence-corrected chi connectivity index (χ1v) is 5.92. The molecule has 0 aliphatic heterocycles. The van der Waals surface area contributed by atoms with Crippen LogP contribution in [-0.4, -0.2) is 17.8 Å². The summed E-state index contributed by atoms with van der Waals surface area (Å²) < 4.78 is 0. The minimum atomic E-state index is -0.907. The summed E-state index contributed by atoms with van der Waals surface area (Å²) >= 11 is 0. The van der Waals surface area contributed by atoms with Gasteiger partial charge in [0.25, 0.3) is 0 Å². The number of unbranched alkanes of at least 4 members (excludes halogenated alkanes) is 4. The lowest BCUT2D eigenvalue weighted by molar-refractivity contribution is 0.375. The van der Waals surface area contributed by atoms with Gasteiger partial charge in [-0.3, -0.25) is 0 Å². The molecule has 0 aromatic rings. The maximum absolute atomic E-state index is 10.3. The van der Waals surface area contributed by atoms with Gasteiger partial charge in [-0.15, -0.1) is 0 Å². The van der Waals surface area contributed by atoms with Crippen molar-refractivity contribution < 1.29 is 9.59 Å². The summed E-state index contributed by atoms with van der Waals surface area (Å²) in [6.07, 6.45) is 9.74. The Kier molecular flexibility index (Phi) is 8.32. The zero-order valence-electron chi connectivity index (χ0n) is 10.2. The fourth-order valence-corrected chi connectivity index (χ4v) is 1.65. The molecule has 0 spiro atoms. The lowest BCUT2D eigenvalue weighted by Gasteiger charge is -2.19. The average molecular weight is 224 g/mol. The Labute approximate surface area is 96.9 Å². The first-order chi connectivity index (χ1) is 7.74. The Morgan fingerprint density at radius 2 is 1.50 bits per heavy atom. The number of hydrogen-bond acceptors (Lipinski definition) is 4. The molecule has 0 rings (SSSR count). The van der Waals surface area contributed by atoms with Crippen molar-refractivity contribution in [1.82, 2.24) is 0 Å². The molecule has 0 aliphatic carbocycles. The van der Waals surface area contributed by atoms with E-state index < -0.39 is 5.66 Å². The summed E-state index contributed by atoms with van der Waals surface area (Å²) in [4.78, 5) is 27.9. The van der Waals surface area contributed by atoms with Crippen LogP contribution in [0.3, 0.4) is 0 Å². The highest BCUT2D eigenvalue weighted by molar-refractivity contribution is 5.38. The molecule has 0 N–H and O–H groups in total. The Bertz CT molecular complexity index is 259. The van der Waals surface area contributed by atoms with Crippen molar-refractivity contribution >= 4 is 12.2 Å². The highest BCUT2D eigenvalue weighted by atomic mass is 16.1. The fraction of sp³-hybridized carbons (Fsp3) is 0.833. The lowest BCUT2D eigenvalue weighted by Crippen LogP contribution is -2.22. The van der Waals surface area contributed by atoms with Gasteiger partial charge in [-0.25, -0.2) is 9.59 Å². The number of hydrogen-bond donors (Lipinski definition) is 0. The van der Waals surface area contributed by atoms with Crippen molar-refractivity contribution in [2.24, 2.45) is 9.98 Å². The summed E-state index contributed by atoms with van der Waals surface area (Å²) in [5.74, 6) is 0. The van der Waals surface area contributed by atoms with E-state index in [1.165, 1.54) is 31.4 Å². The smallest absolute Gasteiger partial charge is 0.211 e. The van der Waals surface area contributed by atoms with Crippen molar-refractivity contribution in [3.63, 3.8) is 0 Å². The molecule has 0 bridgehead atoms. The van der Waals surface area contributed by atoms with Gasteiger partial charge >= 0.3 is 0 Å². The van der Waals surface area contributed by atoms with Gasteiger partial charge in [0.05, 0.1) is 0 Å². The fourth-order valence-electron chi connectivity index (χ4n) is 1.65. The highest BCUT2D eigenvalue weighted by Gasteiger charge is 2.26. The quantitative estimate of drug-likeness (QED) is 0.343. The third-order valence-electron chi connectivity index (χ3n) is 2.75. The van der Waals surface area contributed by atoms with Crippen LogP contribution in [0.2, 0.25) is 0 Å². The zero-order chi connectivity index (χ0) is 12.3. The van der Waals surface area contributed by atoms with Crippen LogP contribution in [0.5, 0.6) is 0 Å². The molecule has 0 aliphatic rings. The number of rotatable bonds is 9. The molecule has 16 heavy (non-hydrogen) atoms. The molecule has 0 saturated heterocycles. The third kappa shape index (κ3) is 5.59. The van der Waals surface area contributed by atoms with Crippen molar-refractivity contribution in [1.29, 1.82) is 0 Å². The molecule has 0 saturated carbocycles. The van der Waals surface area contributed by atoms with Gasteiger partial charge in [-0.05, 0) is 19.3 Å². The first-order valence-electron chi connectivity index (χ1n) is 5.92. The first kappa shape index (κ1) is 14.8. The average Bonchev–Trinajstić information content (AvgIpc) is 2.29. The van der Waals surface area contributed by atoms with Crippen LogP contribution in [-0.2, 0) is 9.59 Å². The third-order valence-corrected chi connectivity index (χ3v) is 2.75. The number of isocyanates is 2. The number of nitrogens with zero attached hydrogens (tertiary/aromatic N) is 2. The molecule has 4 heteroatoms. The van der Waals surface area contributed by atoms with Gasteiger partial charge in [-0.2, -0.15) is 9.98 Å². The van der Waals surface area contributed by atoms with Crippen LogP contribution in [0.25, 0.3) is 0 Å². The van der Waals surface area contributed by atoms with Crippen molar-refractivity contribution in [3.8, 4) is 0 Å². The molecule has 0 aromatic heterocycles. The molecule has 0 unspecified atom stereocenters. The topological polar surface area (TPSA) is 58.9 Å². The van der Waals surface area contributed by atoms with E-state index in [9.17, 15) is 9.59 Å². The molecule has 0 radical (unpaired) electrons. The molecule has 4 nitrogen and oxygen atoms in total. The summed E-state index contributed by atoms with van der Waals surface area (Å²) in [5, 5.41) is 0. The Hall–Kier alpha value is -1.24. The largest absolute Gasteiger partial charge is 0.237 e. The molecule has 0 fully saturated rings. The minimum Gasteiger partial charge on any atom is -0.211 e. The van der Waals surface area contributed by atoms with Crippen LogP contribution in [0.1, 0.15) is 58.8 Å². The Balaban J connectivity index is 4.21. The van der Waals surface area contributed by atoms with Crippen LogP contribution in [0, 0.1) is 0 Å². The SMILES string of the molecule is CCCCCCCC(CC)(N=C=O)N=C=O. The monoisotopic (exact) mass is 224 g/mol. The minimum absolute atomic E-state index is 0.533. The second-order valence-electron chi connectivity index (χ2n) is 3.91. The lowest BCUT2D eigenvalue weighted by atomic mass is 9.99. The van der Waals surface area contributed by atoms with E-state index >= 15 is 0 Å². The second kappa shape index (κ2) is 9.02. The van der Waals surface area contributed by atoms with Gasteiger partial charge in [-0.1, -0.05) is 39.5 Å². The maximum Gasteiger partial charge on any atom is 0.237 e. The summed E-state index contributed by atoms with van der Waals surface area (Å²) in [6, 6.07) is 0. The van der Waals surface area contributed by atoms with E-state index in [1.807, 2.05) is 6.92 Å². The van der Waals surface area contributed by atoms with Gasteiger partial charge in [0, 0.05) is 0 Å². The van der Waals surface area contributed by atoms with Gasteiger partial charge < -0.3 is 0 Å². The number of aliphatic imine (C=N–C) groups is 2. The van der Waals surface area contributed by atoms with E-state index in [4.69, 9.17) is 0 Å². The standard InChI is InChI=1S/C12H20N2O2/c1-3-5-6-7-8-9-12(4-2,13-10-15)14-11-16/h3-9H2,1-2H3.